The molecule has 0 aliphatic heterocycles. The zero-order chi connectivity index (χ0) is 14.1. The van der Waals surface area contributed by atoms with Crippen molar-refractivity contribution in [2.45, 2.75) is 64.3 Å². The van der Waals surface area contributed by atoms with Crippen molar-refractivity contribution >= 4 is 15.9 Å². The van der Waals surface area contributed by atoms with Gasteiger partial charge in [-0.25, -0.2) is 4.39 Å². The van der Waals surface area contributed by atoms with Crippen molar-refractivity contribution in [2.75, 3.05) is 0 Å². The Labute approximate surface area is 124 Å². The van der Waals surface area contributed by atoms with Crippen molar-refractivity contribution in [2.24, 2.45) is 5.73 Å². The molecule has 0 heterocycles. The molecule has 1 atom stereocenters. The third-order valence-electron chi connectivity index (χ3n) is 3.43. The first-order valence-electron chi connectivity index (χ1n) is 7.35. The monoisotopic (exact) mass is 329 g/mol. The highest BCUT2D eigenvalue weighted by Gasteiger charge is 2.08. The van der Waals surface area contributed by atoms with Gasteiger partial charge >= 0.3 is 0 Å². The van der Waals surface area contributed by atoms with Crippen molar-refractivity contribution in [1.82, 2.24) is 0 Å². The van der Waals surface area contributed by atoms with Gasteiger partial charge in [-0.1, -0.05) is 67.8 Å². The lowest BCUT2D eigenvalue weighted by Crippen LogP contribution is -2.10. The molecule has 0 spiro atoms. The first-order chi connectivity index (χ1) is 9.13. The molecule has 1 unspecified atom stereocenters. The molecule has 0 radical (unpaired) electrons. The van der Waals surface area contributed by atoms with E-state index in [9.17, 15) is 4.39 Å². The van der Waals surface area contributed by atoms with Crippen LogP contribution in [0.3, 0.4) is 0 Å². The van der Waals surface area contributed by atoms with E-state index in [2.05, 4.69) is 22.9 Å². The van der Waals surface area contributed by atoms with Gasteiger partial charge in [0.2, 0.25) is 0 Å². The quantitative estimate of drug-likeness (QED) is 0.575. The second kappa shape index (κ2) is 9.49. The Morgan fingerprint density at radius 2 is 1.68 bits per heavy atom. The molecule has 0 amide bonds. The molecule has 108 valence electrons. The van der Waals surface area contributed by atoms with Gasteiger partial charge < -0.3 is 5.73 Å². The highest BCUT2D eigenvalue weighted by Crippen LogP contribution is 2.23. The Hall–Kier alpha value is -0.410. The van der Waals surface area contributed by atoms with Crippen LogP contribution in [0.25, 0.3) is 0 Å². The molecule has 0 fully saturated rings. The van der Waals surface area contributed by atoms with Crippen LogP contribution in [-0.2, 0) is 0 Å². The van der Waals surface area contributed by atoms with Gasteiger partial charge in [-0.2, -0.15) is 0 Å². The fourth-order valence-corrected chi connectivity index (χ4v) is 2.76. The molecular weight excluding hydrogens is 305 g/mol. The number of rotatable bonds is 9. The lowest BCUT2D eigenvalue weighted by molar-refractivity contribution is 0.538. The van der Waals surface area contributed by atoms with E-state index in [-0.39, 0.29) is 11.9 Å². The summed E-state index contributed by atoms with van der Waals surface area (Å²) in [6, 6.07) is 4.86. The van der Waals surface area contributed by atoms with E-state index in [1.54, 1.807) is 0 Å². The standard InChI is InChI=1S/C16H25BrFN/c1-2-3-4-5-6-7-8-9-16(19)13-10-14(17)12-15(18)11-13/h10-12,16H,2-9,19H2,1H3. The van der Waals surface area contributed by atoms with E-state index in [0.717, 1.165) is 22.9 Å². The van der Waals surface area contributed by atoms with Crippen molar-refractivity contribution in [3.05, 3.63) is 34.1 Å². The maximum atomic E-state index is 13.3. The van der Waals surface area contributed by atoms with Gasteiger partial charge in [0.1, 0.15) is 5.82 Å². The van der Waals surface area contributed by atoms with E-state index in [0.29, 0.717) is 0 Å². The smallest absolute Gasteiger partial charge is 0.124 e. The van der Waals surface area contributed by atoms with Gasteiger partial charge in [-0.05, 0) is 30.2 Å². The lowest BCUT2D eigenvalue weighted by Gasteiger charge is -2.12. The summed E-state index contributed by atoms with van der Waals surface area (Å²) in [7, 11) is 0. The molecule has 1 rings (SSSR count). The normalized spacial score (nSPS) is 12.6. The maximum absolute atomic E-state index is 13.3. The van der Waals surface area contributed by atoms with Crippen LogP contribution in [0.15, 0.2) is 22.7 Å². The Kier molecular flexibility index (Phi) is 8.31. The highest BCUT2D eigenvalue weighted by molar-refractivity contribution is 9.10. The molecule has 0 saturated carbocycles. The van der Waals surface area contributed by atoms with Crippen LogP contribution in [0.1, 0.15) is 69.9 Å². The largest absolute Gasteiger partial charge is 0.324 e. The predicted molar refractivity (Wildman–Crippen MR) is 83.6 cm³/mol. The molecule has 0 aromatic heterocycles. The zero-order valence-corrected chi connectivity index (χ0v) is 13.4. The number of unbranched alkanes of at least 4 members (excludes halogenated alkanes) is 6. The van der Waals surface area contributed by atoms with Crippen molar-refractivity contribution < 1.29 is 4.39 Å². The number of benzene rings is 1. The summed E-state index contributed by atoms with van der Waals surface area (Å²) < 4.78 is 14.0. The lowest BCUT2D eigenvalue weighted by atomic mass is 10.0. The summed E-state index contributed by atoms with van der Waals surface area (Å²) in [5, 5.41) is 0. The average Bonchev–Trinajstić information content (AvgIpc) is 2.36. The number of halogens is 2. The van der Waals surface area contributed by atoms with Gasteiger partial charge in [0.25, 0.3) is 0 Å². The highest BCUT2D eigenvalue weighted by atomic mass is 79.9. The first kappa shape index (κ1) is 16.6. The zero-order valence-electron chi connectivity index (χ0n) is 11.8. The fraction of sp³-hybridized carbons (Fsp3) is 0.625. The van der Waals surface area contributed by atoms with Crippen molar-refractivity contribution in [1.29, 1.82) is 0 Å². The van der Waals surface area contributed by atoms with Gasteiger partial charge in [0, 0.05) is 10.5 Å². The minimum atomic E-state index is -0.223. The number of hydrogen-bond acceptors (Lipinski definition) is 1. The Morgan fingerprint density at radius 3 is 2.32 bits per heavy atom. The maximum Gasteiger partial charge on any atom is 0.124 e. The minimum absolute atomic E-state index is 0.0531. The van der Waals surface area contributed by atoms with Crippen LogP contribution in [-0.4, -0.2) is 0 Å². The van der Waals surface area contributed by atoms with E-state index in [4.69, 9.17) is 5.73 Å². The van der Waals surface area contributed by atoms with Gasteiger partial charge in [0.15, 0.2) is 0 Å². The van der Waals surface area contributed by atoms with Gasteiger partial charge in [-0.3, -0.25) is 0 Å². The summed E-state index contributed by atoms with van der Waals surface area (Å²) in [6.45, 7) is 2.23. The SMILES string of the molecule is CCCCCCCCCC(N)c1cc(F)cc(Br)c1. The minimum Gasteiger partial charge on any atom is -0.324 e. The number of nitrogens with two attached hydrogens (primary N) is 1. The Bertz CT molecular complexity index is 348. The van der Waals surface area contributed by atoms with Gasteiger partial charge in [-0.15, -0.1) is 0 Å². The number of hydrogen-bond donors (Lipinski definition) is 1. The van der Waals surface area contributed by atoms with E-state index < -0.39 is 0 Å². The van der Waals surface area contributed by atoms with Crippen LogP contribution in [0.4, 0.5) is 4.39 Å². The third kappa shape index (κ3) is 7.07. The molecule has 3 heteroatoms. The molecule has 0 aliphatic rings. The Morgan fingerprint density at radius 1 is 1.05 bits per heavy atom. The fourth-order valence-electron chi connectivity index (χ4n) is 2.28. The van der Waals surface area contributed by atoms with Crippen LogP contribution >= 0.6 is 15.9 Å². The molecule has 1 nitrogen and oxygen atoms in total. The molecule has 19 heavy (non-hydrogen) atoms. The van der Waals surface area contributed by atoms with Crippen molar-refractivity contribution in [3.8, 4) is 0 Å². The van der Waals surface area contributed by atoms with Crippen LogP contribution in [0, 0.1) is 5.82 Å². The summed E-state index contributed by atoms with van der Waals surface area (Å²) >= 11 is 3.30. The first-order valence-corrected chi connectivity index (χ1v) is 8.14. The van der Waals surface area contributed by atoms with Gasteiger partial charge in [0.05, 0.1) is 0 Å². The predicted octanol–water partition coefficient (Wildman–Crippen LogP) is 5.73. The third-order valence-corrected chi connectivity index (χ3v) is 3.89. The van der Waals surface area contributed by atoms with Crippen molar-refractivity contribution in [3.63, 3.8) is 0 Å². The molecule has 0 bridgehead atoms. The van der Waals surface area contributed by atoms with Crippen LogP contribution in [0.5, 0.6) is 0 Å². The summed E-state index contributed by atoms with van der Waals surface area (Å²) in [6.07, 6.45) is 9.89. The van der Waals surface area contributed by atoms with E-state index in [1.807, 2.05) is 6.07 Å². The molecule has 1 aromatic carbocycles. The average molecular weight is 330 g/mol. The summed E-state index contributed by atoms with van der Waals surface area (Å²) in [5.41, 5.74) is 6.99. The molecular formula is C16H25BrFN. The van der Waals surface area contributed by atoms with E-state index >= 15 is 0 Å². The molecule has 1 aromatic rings. The second-order valence-electron chi connectivity index (χ2n) is 5.22. The topological polar surface area (TPSA) is 26.0 Å². The van der Waals surface area contributed by atoms with Crippen LogP contribution in [0.2, 0.25) is 0 Å². The molecule has 0 aliphatic carbocycles. The van der Waals surface area contributed by atoms with Crippen LogP contribution < -0.4 is 5.73 Å². The summed E-state index contributed by atoms with van der Waals surface area (Å²) in [5.74, 6) is -0.223. The molecule has 2 N–H and O–H groups in total. The molecule has 0 saturated heterocycles. The van der Waals surface area contributed by atoms with E-state index in [1.165, 1.54) is 50.7 Å². The summed E-state index contributed by atoms with van der Waals surface area (Å²) in [4.78, 5) is 0. The second-order valence-corrected chi connectivity index (χ2v) is 6.13. The Balaban J connectivity index is 2.22.